The Morgan fingerprint density at radius 3 is 3.00 bits per heavy atom. The summed E-state index contributed by atoms with van der Waals surface area (Å²) in [7, 11) is 0. The SMILES string of the molecule is S=c1[nH]nc(-c2cccs2)n1CCCn1cccn1. The molecule has 98 valence electrons. The van der Waals surface area contributed by atoms with Gasteiger partial charge in [-0.05, 0) is 36.2 Å². The molecule has 3 rings (SSSR count). The van der Waals surface area contributed by atoms with Gasteiger partial charge in [-0.25, -0.2) is 0 Å². The molecule has 5 nitrogen and oxygen atoms in total. The van der Waals surface area contributed by atoms with Gasteiger partial charge in [-0.2, -0.15) is 10.2 Å². The smallest absolute Gasteiger partial charge is 0.195 e. The second kappa shape index (κ2) is 5.50. The number of rotatable bonds is 5. The second-order valence-corrected chi connectivity index (χ2v) is 5.44. The standard InChI is InChI=1S/C12H13N5S2/c18-12-15-14-11(10-4-1-9-19-10)17(12)8-3-7-16-6-2-5-13-16/h1-2,4-6,9H,3,7-8H2,(H,15,18). The molecule has 0 spiro atoms. The van der Waals surface area contributed by atoms with Crippen LogP contribution in [-0.4, -0.2) is 24.5 Å². The second-order valence-electron chi connectivity index (χ2n) is 4.10. The molecule has 0 unspecified atom stereocenters. The van der Waals surface area contributed by atoms with Crippen LogP contribution in [0.5, 0.6) is 0 Å². The number of aryl methyl sites for hydroxylation is 1. The summed E-state index contributed by atoms with van der Waals surface area (Å²) < 4.78 is 4.64. The van der Waals surface area contributed by atoms with Gasteiger partial charge in [0, 0.05) is 25.5 Å². The Morgan fingerprint density at radius 1 is 1.32 bits per heavy atom. The Hall–Kier alpha value is -1.73. The summed E-state index contributed by atoms with van der Waals surface area (Å²) in [4.78, 5) is 1.13. The van der Waals surface area contributed by atoms with Crippen molar-refractivity contribution in [3.63, 3.8) is 0 Å². The fraction of sp³-hybridized carbons (Fsp3) is 0.250. The van der Waals surface area contributed by atoms with Crippen LogP contribution in [-0.2, 0) is 13.1 Å². The highest BCUT2D eigenvalue weighted by Gasteiger charge is 2.09. The first-order valence-electron chi connectivity index (χ1n) is 6.01. The maximum Gasteiger partial charge on any atom is 0.195 e. The summed E-state index contributed by atoms with van der Waals surface area (Å²) in [5, 5.41) is 13.4. The van der Waals surface area contributed by atoms with E-state index in [0.717, 1.165) is 30.2 Å². The van der Waals surface area contributed by atoms with Gasteiger partial charge in [-0.3, -0.25) is 14.3 Å². The van der Waals surface area contributed by atoms with E-state index in [9.17, 15) is 0 Å². The van der Waals surface area contributed by atoms with Gasteiger partial charge in [0.25, 0.3) is 0 Å². The molecule has 0 fully saturated rings. The maximum absolute atomic E-state index is 5.29. The summed E-state index contributed by atoms with van der Waals surface area (Å²) in [6.07, 6.45) is 4.73. The molecule has 3 heterocycles. The van der Waals surface area contributed by atoms with E-state index in [4.69, 9.17) is 12.2 Å². The normalized spacial score (nSPS) is 10.9. The van der Waals surface area contributed by atoms with Crippen molar-refractivity contribution in [1.82, 2.24) is 24.5 Å². The summed E-state index contributed by atoms with van der Waals surface area (Å²) in [5.74, 6) is 0.917. The first kappa shape index (κ1) is 12.3. The van der Waals surface area contributed by atoms with Crippen LogP contribution < -0.4 is 0 Å². The van der Waals surface area contributed by atoms with Crippen LogP contribution in [0.4, 0.5) is 0 Å². The third-order valence-corrected chi connectivity index (χ3v) is 4.01. The van der Waals surface area contributed by atoms with Crippen LogP contribution in [0.3, 0.4) is 0 Å². The lowest BCUT2D eigenvalue weighted by atomic mass is 10.4. The molecule has 0 radical (unpaired) electrons. The molecule has 0 bridgehead atoms. The molecule has 3 aromatic rings. The van der Waals surface area contributed by atoms with Crippen molar-refractivity contribution < 1.29 is 0 Å². The van der Waals surface area contributed by atoms with E-state index >= 15 is 0 Å². The fourth-order valence-electron chi connectivity index (χ4n) is 1.94. The Kier molecular flexibility index (Phi) is 3.56. The minimum absolute atomic E-state index is 0.670. The molecule has 0 aliphatic rings. The number of H-pyrrole nitrogens is 1. The number of nitrogens with zero attached hydrogens (tertiary/aromatic N) is 4. The average molecular weight is 291 g/mol. The fourth-order valence-corrected chi connectivity index (χ4v) is 2.89. The molecule has 7 heteroatoms. The summed E-state index contributed by atoms with van der Waals surface area (Å²) in [6, 6.07) is 6.01. The van der Waals surface area contributed by atoms with Gasteiger partial charge in [0.15, 0.2) is 10.6 Å². The highest BCUT2D eigenvalue weighted by Crippen LogP contribution is 2.22. The lowest BCUT2D eigenvalue weighted by Gasteiger charge is -2.05. The van der Waals surface area contributed by atoms with E-state index in [2.05, 4.69) is 21.4 Å². The zero-order valence-corrected chi connectivity index (χ0v) is 11.8. The Bertz CT molecular complexity index is 678. The number of aromatic amines is 1. The summed E-state index contributed by atoms with van der Waals surface area (Å²) in [5.41, 5.74) is 0. The highest BCUT2D eigenvalue weighted by atomic mass is 32.1. The molecule has 0 saturated carbocycles. The maximum atomic E-state index is 5.29. The predicted molar refractivity (Wildman–Crippen MR) is 77.6 cm³/mol. The molecule has 0 aliphatic carbocycles. The summed E-state index contributed by atoms with van der Waals surface area (Å²) in [6.45, 7) is 1.71. The third-order valence-electron chi connectivity index (χ3n) is 2.83. The Morgan fingerprint density at radius 2 is 2.26 bits per heavy atom. The molecular weight excluding hydrogens is 278 g/mol. The van der Waals surface area contributed by atoms with Crippen LogP contribution in [0.15, 0.2) is 36.0 Å². The topological polar surface area (TPSA) is 51.4 Å². The molecule has 0 aromatic carbocycles. The van der Waals surface area contributed by atoms with E-state index in [-0.39, 0.29) is 0 Å². The van der Waals surface area contributed by atoms with E-state index in [1.807, 2.05) is 33.0 Å². The van der Waals surface area contributed by atoms with Crippen molar-refractivity contribution in [3.05, 3.63) is 40.7 Å². The van der Waals surface area contributed by atoms with Gasteiger partial charge < -0.3 is 0 Å². The van der Waals surface area contributed by atoms with E-state index in [0.29, 0.717) is 4.77 Å². The van der Waals surface area contributed by atoms with E-state index < -0.39 is 0 Å². The number of aromatic nitrogens is 5. The molecule has 0 amide bonds. The van der Waals surface area contributed by atoms with Gasteiger partial charge in [0.2, 0.25) is 0 Å². The van der Waals surface area contributed by atoms with Crippen LogP contribution in [0.25, 0.3) is 10.7 Å². The van der Waals surface area contributed by atoms with Crippen LogP contribution in [0, 0.1) is 4.77 Å². The van der Waals surface area contributed by atoms with Gasteiger partial charge in [-0.1, -0.05) is 6.07 Å². The van der Waals surface area contributed by atoms with Gasteiger partial charge in [0.05, 0.1) is 4.88 Å². The van der Waals surface area contributed by atoms with Crippen molar-refractivity contribution >= 4 is 23.6 Å². The third kappa shape index (κ3) is 2.66. The lowest BCUT2D eigenvalue weighted by Crippen LogP contribution is -2.05. The molecule has 19 heavy (non-hydrogen) atoms. The van der Waals surface area contributed by atoms with Crippen molar-refractivity contribution in [3.8, 4) is 10.7 Å². The molecule has 1 N–H and O–H groups in total. The van der Waals surface area contributed by atoms with Crippen molar-refractivity contribution in [2.24, 2.45) is 0 Å². The summed E-state index contributed by atoms with van der Waals surface area (Å²) >= 11 is 6.95. The molecular formula is C12H13N5S2. The lowest BCUT2D eigenvalue weighted by molar-refractivity contribution is 0.526. The van der Waals surface area contributed by atoms with Crippen molar-refractivity contribution in [2.45, 2.75) is 19.5 Å². The number of thiophene rings is 1. The monoisotopic (exact) mass is 291 g/mol. The highest BCUT2D eigenvalue weighted by molar-refractivity contribution is 7.71. The number of nitrogens with one attached hydrogen (secondary N) is 1. The van der Waals surface area contributed by atoms with Gasteiger partial charge >= 0.3 is 0 Å². The first-order valence-corrected chi connectivity index (χ1v) is 7.30. The van der Waals surface area contributed by atoms with E-state index in [1.54, 1.807) is 17.5 Å². The molecule has 0 aliphatic heterocycles. The van der Waals surface area contributed by atoms with Crippen molar-refractivity contribution in [2.75, 3.05) is 0 Å². The molecule has 0 atom stereocenters. The number of hydrogen-bond donors (Lipinski definition) is 1. The van der Waals surface area contributed by atoms with Crippen molar-refractivity contribution in [1.29, 1.82) is 0 Å². The van der Waals surface area contributed by atoms with Gasteiger partial charge in [-0.15, -0.1) is 11.3 Å². The van der Waals surface area contributed by atoms with Gasteiger partial charge in [0.1, 0.15) is 0 Å². The van der Waals surface area contributed by atoms with E-state index in [1.165, 1.54) is 0 Å². The quantitative estimate of drug-likeness (QED) is 0.735. The zero-order valence-electron chi connectivity index (χ0n) is 10.2. The van der Waals surface area contributed by atoms with Crippen LogP contribution >= 0.6 is 23.6 Å². The predicted octanol–water partition coefficient (Wildman–Crippen LogP) is 2.96. The Labute approximate surface area is 119 Å². The molecule has 3 aromatic heterocycles. The average Bonchev–Trinajstić information content (AvgIpc) is 3.12. The zero-order chi connectivity index (χ0) is 13.1. The largest absolute Gasteiger partial charge is 0.299 e. The minimum atomic E-state index is 0.670. The number of hydrogen-bond acceptors (Lipinski definition) is 4. The van der Waals surface area contributed by atoms with Crippen LogP contribution in [0.1, 0.15) is 6.42 Å². The Balaban J connectivity index is 1.74. The first-order chi connectivity index (χ1) is 9.34. The minimum Gasteiger partial charge on any atom is -0.299 e. The van der Waals surface area contributed by atoms with Crippen LogP contribution in [0.2, 0.25) is 0 Å². The molecule has 0 saturated heterocycles.